The summed E-state index contributed by atoms with van der Waals surface area (Å²) in [5.41, 5.74) is 19.9. The third-order valence-corrected chi connectivity index (χ3v) is 37.4. The summed E-state index contributed by atoms with van der Waals surface area (Å²) in [6.07, 6.45) is 16.4. The van der Waals surface area contributed by atoms with Crippen molar-refractivity contribution in [2.24, 2.45) is 195 Å². The van der Waals surface area contributed by atoms with Crippen molar-refractivity contribution >= 4 is 121 Å². The van der Waals surface area contributed by atoms with Crippen LogP contribution in [0.3, 0.4) is 0 Å². The average Bonchev–Trinajstić information content (AvgIpc) is 0.895. The van der Waals surface area contributed by atoms with Gasteiger partial charge in [-0.2, -0.15) is 0 Å². The van der Waals surface area contributed by atoms with Gasteiger partial charge in [0.2, 0.25) is 23.6 Å². The quantitative estimate of drug-likeness (QED) is 0.0154. The molecule has 0 aromatic carbocycles. The molecule has 836 valence electrons. The van der Waals surface area contributed by atoms with Crippen LogP contribution in [-0.4, -0.2) is 122 Å². The molecule has 1 fully saturated rings. The minimum atomic E-state index is -0.762. The SMILES string of the molecule is CC(C)C(CC(=O)NCCCCCN)C(C)(C)C(C)(C)C(CC(=O)OPP)C(C)C.CC(C)C(CC(=O)O)C(C)(C)C(C)(C)C(CC(=O)NCCCCCN)C(C)C.CC(C)C(CC(=O)O)C(C)(C)C(C)(C)C(CC(=O)OPP)C(C)C.CC(C)C(CC(=O)OP)C(C)(C)C(C)(C)C(CC(=O)OPP)C(C)C.CC(C)C1CC(=O)NCCCCCNC(=O)CC(C(C)C)C(C)(C)C1(C)C.NCCCCCN. The second-order valence-electron chi connectivity index (χ2n) is 49.6. The molecule has 0 radical (unpaired) electrons. The molecule has 0 aliphatic carbocycles. The van der Waals surface area contributed by atoms with Gasteiger partial charge >= 0.3 is 35.8 Å². The van der Waals surface area contributed by atoms with E-state index in [4.69, 9.17) is 41.0 Å². The Labute approximate surface area is 879 Å². The Hall–Kier alpha value is -2.45. The topological polar surface area (TPSA) is 400 Å². The van der Waals surface area contributed by atoms with E-state index in [1.54, 1.807) is 0 Å². The van der Waals surface area contributed by atoms with Gasteiger partial charge in [-0.15, -0.1) is 0 Å². The number of amides is 4. The van der Waals surface area contributed by atoms with E-state index in [0.29, 0.717) is 125 Å². The van der Waals surface area contributed by atoms with E-state index in [2.05, 4.69) is 325 Å². The lowest BCUT2D eigenvalue weighted by Crippen LogP contribution is -2.49. The van der Waals surface area contributed by atoms with Gasteiger partial charge in [0, 0.05) is 90.4 Å². The molecule has 24 nitrogen and oxygen atoms in total. The van der Waals surface area contributed by atoms with Gasteiger partial charge in [-0.3, -0.25) is 47.9 Å². The van der Waals surface area contributed by atoms with E-state index < -0.39 is 11.9 Å². The van der Waals surface area contributed by atoms with Crippen molar-refractivity contribution in [2.45, 2.75) is 418 Å². The maximum Gasteiger partial charge on any atom is 0.308 e. The van der Waals surface area contributed by atoms with E-state index in [1.807, 2.05) is 9.47 Å². The van der Waals surface area contributed by atoms with E-state index in [1.165, 1.54) is 6.42 Å². The van der Waals surface area contributed by atoms with Crippen molar-refractivity contribution in [1.29, 1.82) is 0 Å². The number of carbonyl (C=O) groups is 10. The summed E-state index contributed by atoms with van der Waals surface area (Å²) in [5, 5.41) is 31.2. The molecule has 14 N–H and O–H groups in total. The fourth-order valence-corrected chi connectivity index (χ4v) is 25.2. The van der Waals surface area contributed by atoms with Crippen molar-refractivity contribution in [1.82, 2.24) is 21.3 Å². The number of carbonyl (C=O) groups excluding carboxylic acids is 8. The summed E-state index contributed by atoms with van der Waals surface area (Å²) in [6, 6.07) is 0. The van der Waals surface area contributed by atoms with Crippen molar-refractivity contribution in [3.8, 4) is 0 Å². The lowest BCUT2D eigenvalue weighted by molar-refractivity contribution is -0.145. The van der Waals surface area contributed by atoms with Crippen LogP contribution in [0.2, 0.25) is 0 Å². The number of hydrogen-bond donors (Lipinski definition) is 10. The second kappa shape index (κ2) is 72.1. The first-order chi connectivity index (χ1) is 64.5. The van der Waals surface area contributed by atoms with Crippen LogP contribution >= 0.6 is 61.7 Å². The zero-order valence-electron chi connectivity index (χ0n) is 97.5. The summed E-state index contributed by atoms with van der Waals surface area (Å²) >= 11 is 0. The van der Waals surface area contributed by atoms with Crippen LogP contribution in [0.15, 0.2) is 0 Å². The van der Waals surface area contributed by atoms with Gasteiger partial charge in [0.15, 0.2) is 0 Å². The molecule has 17 unspecified atom stereocenters. The minimum Gasteiger partial charge on any atom is -0.481 e. The first-order valence-electron chi connectivity index (χ1n) is 53.7. The van der Waals surface area contributed by atoms with E-state index >= 15 is 0 Å². The molecule has 1 aliphatic heterocycles. The first kappa shape index (κ1) is 147. The van der Waals surface area contributed by atoms with E-state index in [9.17, 15) is 58.2 Å². The van der Waals surface area contributed by atoms with Crippen LogP contribution in [0.25, 0.3) is 0 Å². The fourth-order valence-electron chi connectivity index (χ4n) is 23.3. The monoisotopic (exact) mass is 2130 g/mol. The Morgan fingerprint density at radius 2 is 0.539 bits per heavy atom. The number of carboxylic acid groups (broad SMARTS) is 2. The zero-order chi connectivity index (χ0) is 111. The van der Waals surface area contributed by atoms with Gasteiger partial charge in [0.05, 0.1) is 35.0 Å². The van der Waals surface area contributed by atoms with Crippen molar-refractivity contribution in [3.63, 3.8) is 0 Å². The smallest absolute Gasteiger partial charge is 0.308 e. The highest BCUT2D eigenvalue weighted by Crippen LogP contribution is 2.61. The Kier molecular flexibility index (Phi) is 75.2. The van der Waals surface area contributed by atoms with Gasteiger partial charge in [-0.05, 0) is 256 Å². The highest BCUT2D eigenvalue weighted by molar-refractivity contribution is 8.00. The molecule has 1 heterocycles. The molecule has 141 heavy (non-hydrogen) atoms. The normalized spacial score (nSPS) is 17.5. The van der Waals surface area contributed by atoms with Gasteiger partial charge in [-0.25, -0.2) is 0 Å². The Morgan fingerprint density at radius 3 is 0.723 bits per heavy atom. The van der Waals surface area contributed by atoms with Crippen LogP contribution in [-0.2, 0) is 66.0 Å². The Morgan fingerprint density at radius 1 is 0.340 bits per heavy atom. The first-order valence-corrected chi connectivity index (χ1v) is 62.3. The number of aliphatic carboxylic acids is 2. The number of unbranched alkanes of at least 4 members (excludes halogenated alkanes) is 6. The highest BCUT2D eigenvalue weighted by atomic mass is 32.0. The second-order valence-corrected chi connectivity index (χ2v) is 53.3. The Bertz CT molecular complexity index is 3450. The van der Waals surface area contributed by atoms with Crippen LogP contribution in [0.1, 0.15) is 418 Å². The Balaban J connectivity index is -0.000000537. The van der Waals surface area contributed by atoms with Gasteiger partial charge in [0.1, 0.15) is 0 Å². The number of nitrogens with one attached hydrogen (secondary N) is 4. The van der Waals surface area contributed by atoms with E-state index in [0.717, 1.165) is 96.8 Å². The molecule has 1 aliphatic rings. The molecular formula is C110H225N8O16P7. The maximum atomic E-state index is 12.7. The van der Waals surface area contributed by atoms with Crippen LogP contribution < -0.4 is 44.2 Å². The van der Waals surface area contributed by atoms with Crippen LogP contribution in [0, 0.1) is 173 Å². The summed E-state index contributed by atoms with van der Waals surface area (Å²) in [7, 11) is 9.65. The zero-order valence-corrected chi connectivity index (χ0v) is 105. The lowest BCUT2D eigenvalue weighted by atomic mass is 9.51. The molecule has 4 amide bonds. The third kappa shape index (κ3) is 51.5. The molecular weight excluding hydrogens is 1910 g/mol. The van der Waals surface area contributed by atoms with Gasteiger partial charge in [-0.1, -0.05) is 323 Å². The predicted octanol–water partition coefficient (Wildman–Crippen LogP) is 26.1. The summed E-state index contributed by atoms with van der Waals surface area (Å²) in [4.78, 5) is 122. The van der Waals surface area contributed by atoms with Gasteiger partial charge < -0.3 is 72.5 Å². The molecule has 17 atom stereocenters. The summed E-state index contributed by atoms with van der Waals surface area (Å²) in [6.45, 7) is 93.6. The highest BCUT2D eigenvalue weighted by Gasteiger charge is 2.56. The molecule has 31 heteroatoms. The number of hydrogen-bond acceptors (Lipinski definition) is 18. The molecule has 0 bridgehead atoms. The molecule has 0 saturated carbocycles. The number of nitrogens with two attached hydrogens (primary N) is 4. The standard InChI is InChI=1S/C23H48N2O3P2.C23H46N2O3.C23H44N2O2.C18H37O4P3.C18H36O4P2.C5H14N2/c1-16(2)18(14-20(26)25-13-11-9-10-12-24)22(5,6)23(7,8)19(17(3)4)15-21(27)28-30-29;1-16(2)18(14-20(26)25-13-11-9-10-12-24)22(5,6)23(7,8)19(17(3)4)15-21(27)28;1-16(2)18-14-20(26)24-12-10-9-11-13-25-21(27)15-19(17(3)4)23(7,8)22(18,5)6;1-11(2)13(9-15(19)21-23)17(5,6)18(7,8)14(12(3)4)10-16(20)22-25-24;1-11(2)13(9-15(19)20)17(5,6)18(7,8)14(12(3)4)10-16(21)22-24-23;6-4-2-1-3-5-7/h16-19,30H,9-15,24,29H2,1-8H3,(H,25,26);16-19H,9-15,24H2,1-8H3,(H,25,26)(H,27,28);16-19H,9-15H2,1-8H3,(H,24,26)(H,25,27);11-14,25H,9-10,23-24H2,1-8H3;11-14,24H,9-10,23H2,1-8H3,(H,19,20);1-7H2. The fraction of sp³-hybridized carbons (Fsp3) is 0.909. The largest absolute Gasteiger partial charge is 0.481 e. The van der Waals surface area contributed by atoms with E-state index in [-0.39, 0.29) is 211 Å². The molecule has 1 saturated heterocycles. The third-order valence-electron chi connectivity index (χ3n) is 35.0. The van der Waals surface area contributed by atoms with Crippen molar-refractivity contribution < 1.29 is 76.3 Å². The van der Waals surface area contributed by atoms with Crippen LogP contribution in [0.5, 0.6) is 0 Å². The minimum absolute atomic E-state index is 0.0332. The molecule has 0 aromatic heterocycles. The molecule has 0 spiro atoms. The summed E-state index contributed by atoms with van der Waals surface area (Å²) in [5.74, 6) is 3.24. The maximum absolute atomic E-state index is 12.7. The summed E-state index contributed by atoms with van der Waals surface area (Å²) < 4.78 is 20.5. The molecule has 0 aromatic rings. The lowest BCUT2D eigenvalue weighted by Gasteiger charge is -2.53. The number of rotatable bonds is 55. The van der Waals surface area contributed by atoms with Crippen molar-refractivity contribution in [3.05, 3.63) is 0 Å². The predicted molar refractivity (Wildman–Crippen MR) is 614 cm³/mol. The molecule has 1 rings (SSSR count). The van der Waals surface area contributed by atoms with Gasteiger partial charge in [0.25, 0.3) is 0 Å². The van der Waals surface area contributed by atoms with Crippen LogP contribution in [0.4, 0.5) is 0 Å². The average molecular weight is 2130 g/mol. The number of carboxylic acids is 2. The van der Waals surface area contributed by atoms with Crippen molar-refractivity contribution in [2.75, 3.05) is 52.4 Å².